The number of hydrogen-bond donors (Lipinski definition) is 2. The molecular formula is C12H24N2O2. The van der Waals surface area contributed by atoms with E-state index in [9.17, 15) is 4.79 Å². The standard InChI is InChI=1S/C12H24N2O2/c1-4-8(2)11(13)12(15)14-9-6-5-7-10(9)16-3/h8-11H,4-7,13H2,1-3H3,(H,14,15)/t8?,9?,10?,11-/m0/s1. The quantitative estimate of drug-likeness (QED) is 0.739. The molecule has 3 N–H and O–H groups in total. The number of rotatable bonds is 5. The highest BCUT2D eigenvalue weighted by Gasteiger charge is 2.30. The van der Waals surface area contributed by atoms with Crippen LogP contribution >= 0.6 is 0 Å². The predicted octanol–water partition coefficient (Wildman–Crippen LogP) is 1.04. The van der Waals surface area contributed by atoms with Crippen molar-refractivity contribution < 1.29 is 9.53 Å². The Labute approximate surface area is 97.9 Å². The molecule has 3 unspecified atom stereocenters. The molecule has 0 radical (unpaired) electrons. The van der Waals surface area contributed by atoms with Gasteiger partial charge < -0.3 is 15.8 Å². The van der Waals surface area contributed by atoms with E-state index in [0.29, 0.717) is 0 Å². The van der Waals surface area contributed by atoms with Crippen molar-refractivity contribution in [3.8, 4) is 0 Å². The number of amides is 1. The zero-order valence-electron chi connectivity index (χ0n) is 10.5. The van der Waals surface area contributed by atoms with E-state index in [0.717, 1.165) is 25.7 Å². The van der Waals surface area contributed by atoms with Crippen molar-refractivity contribution in [1.29, 1.82) is 0 Å². The van der Waals surface area contributed by atoms with Crippen molar-refractivity contribution in [3.05, 3.63) is 0 Å². The lowest BCUT2D eigenvalue weighted by Crippen LogP contribution is -2.50. The van der Waals surface area contributed by atoms with Gasteiger partial charge >= 0.3 is 0 Å². The summed E-state index contributed by atoms with van der Waals surface area (Å²) in [5.41, 5.74) is 5.88. The van der Waals surface area contributed by atoms with Crippen LogP contribution in [0, 0.1) is 5.92 Å². The fourth-order valence-corrected chi connectivity index (χ4v) is 2.16. The molecule has 0 aromatic heterocycles. The largest absolute Gasteiger partial charge is 0.379 e. The number of methoxy groups -OCH3 is 1. The Morgan fingerprint density at radius 3 is 2.81 bits per heavy atom. The molecule has 1 aliphatic carbocycles. The molecule has 16 heavy (non-hydrogen) atoms. The fourth-order valence-electron chi connectivity index (χ4n) is 2.16. The van der Waals surface area contributed by atoms with Crippen molar-refractivity contribution in [2.45, 2.75) is 57.7 Å². The molecule has 0 aromatic rings. The average molecular weight is 228 g/mol. The van der Waals surface area contributed by atoms with Crippen LogP contribution in [0.15, 0.2) is 0 Å². The molecule has 1 rings (SSSR count). The monoisotopic (exact) mass is 228 g/mol. The number of nitrogens with one attached hydrogen (secondary N) is 1. The Bertz CT molecular complexity index is 233. The second-order valence-electron chi connectivity index (χ2n) is 4.73. The summed E-state index contributed by atoms with van der Waals surface area (Å²) in [6, 6.07) is -0.254. The van der Waals surface area contributed by atoms with Gasteiger partial charge in [-0.3, -0.25) is 4.79 Å². The molecule has 0 heterocycles. The molecule has 4 atom stereocenters. The van der Waals surface area contributed by atoms with Gasteiger partial charge in [0.05, 0.1) is 18.2 Å². The molecule has 0 saturated heterocycles. The maximum atomic E-state index is 11.9. The molecule has 1 aliphatic rings. The van der Waals surface area contributed by atoms with Gasteiger partial charge in [-0.05, 0) is 25.2 Å². The highest BCUT2D eigenvalue weighted by molar-refractivity contribution is 5.82. The minimum Gasteiger partial charge on any atom is -0.379 e. The number of ether oxygens (including phenoxy) is 1. The van der Waals surface area contributed by atoms with E-state index < -0.39 is 6.04 Å². The number of hydrogen-bond acceptors (Lipinski definition) is 3. The first-order valence-electron chi connectivity index (χ1n) is 6.18. The lowest BCUT2D eigenvalue weighted by atomic mass is 9.99. The average Bonchev–Trinajstić information content (AvgIpc) is 2.74. The summed E-state index contributed by atoms with van der Waals surface area (Å²) in [5.74, 6) is 0.186. The molecule has 4 nitrogen and oxygen atoms in total. The summed E-state index contributed by atoms with van der Waals surface area (Å²) < 4.78 is 5.34. The van der Waals surface area contributed by atoms with Crippen LogP contribution in [0.5, 0.6) is 0 Å². The molecule has 0 aromatic carbocycles. The van der Waals surface area contributed by atoms with E-state index in [-0.39, 0.29) is 24.0 Å². The molecule has 94 valence electrons. The van der Waals surface area contributed by atoms with Crippen molar-refractivity contribution in [2.24, 2.45) is 11.7 Å². The van der Waals surface area contributed by atoms with Crippen molar-refractivity contribution >= 4 is 5.91 Å². The smallest absolute Gasteiger partial charge is 0.237 e. The minimum absolute atomic E-state index is 0.0386. The zero-order valence-corrected chi connectivity index (χ0v) is 10.5. The van der Waals surface area contributed by atoms with Crippen LogP contribution in [0.1, 0.15) is 39.5 Å². The first-order valence-corrected chi connectivity index (χ1v) is 6.18. The summed E-state index contributed by atoms with van der Waals surface area (Å²) in [5, 5.41) is 3.01. The van der Waals surface area contributed by atoms with Gasteiger partial charge in [-0.2, -0.15) is 0 Å². The van der Waals surface area contributed by atoms with Gasteiger partial charge in [-0.1, -0.05) is 20.3 Å². The molecule has 0 aliphatic heterocycles. The van der Waals surface area contributed by atoms with E-state index in [1.807, 2.05) is 13.8 Å². The van der Waals surface area contributed by atoms with Crippen LogP contribution < -0.4 is 11.1 Å². The molecule has 0 spiro atoms. The number of carbonyl (C=O) groups excluding carboxylic acids is 1. The normalized spacial score (nSPS) is 28.8. The molecule has 0 bridgehead atoms. The Balaban J connectivity index is 2.44. The second-order valence-corrected chi connectivity index (χ2v) is 4.73. The summed E-state index contributed by atoms with van der Waals surface area (Å²) in [7, 11) is 1.70. The van der Waals surface area contributed by atoms with Crippen molar-refractivity contribution in [1.82, 2.24) is 5.32 Å². The molecule has 1 fully saturated rings. The Morgan fingerprint density at radius 1 is 1.56 bits per heavy atom. The Kier molecular flexibility index (Phi) is 5.22. The lowest BCUT2D eigenvalue weighted by Gasteiger charge is -2.24. The summed E-state index contributed by atoms with van der Waals surface area (Å²) in [4.78, 5) is 11.9. The van der Waals surface area contributed by atoms with Gasteiger partial charge in [0.2, 0.25) is 5.91 Å². The highest BCUT2D eigenvalue weighted by atomic mass is 16.5. The van der Waals surface area contributed by atoms with E-state index >= 15 is 0 Å². The van der Waals surface area contributed by atoms with Crippen molar-refractivity contribution in [3.63, 3.8) is 0 Å². The molecule has 4 heteroatoms. The van der Waals surface area contributed by atoms with Gasteiger partial charge in [0, 0.05) is 7.11 Å². The van der Waals surface area contributed by atoms with Crippen LogP contribution in [0.2, 0.25) is 0 Å². The van der Waals surface area contributed by atoms with E-state index in [2.05, 4.69) is 5.32 Å². The fraction of sp³-hybridized carbons (Fsp3) is 0.917. The topological polar surface area (TPSA) is 64.4 Å². The summed E-state index contributed by atoms with van der Waals surface area (Å²) in [6.07, 6.45) is 4.22. The molecule has 1 saturated carbocycles. The maximum absolute atomic E-state index is 11.9. The number of carbonyl (C=O) groups is 1. The van der Waals surface area contributed by atoms with Gasteiger partial charge in [0.1, 0.15) is 0 Å². The van der Waals surface area contributed by atoms with Gasteiger partial charge in [0.25, 0.3) is 0 Å². The maximum Gasteiger partial charge on any atom is 0.237 e. The summed E-state index contributed by atoms with van der Waals surface area (Å²) in [6.45, 7) is 4.05. The van der Waals surface area contributed by atoms with Crippen LogP contribution in [0.3, 0.4) is 0 Å². The third kappa shape index (κ3) is 3.19. The van der Waals surface area contributed by atoms with E-state index in [1.54, 1.807) is 7.11 Å². The van der Waals surface area contributed by atoms with E-state index in [1.165, 1.54) is 0 Å². The third-order valence-corrected chi connectivity index (χ3v) is 3.64. The molecular weight excluding hydrogens is 204 g/mol. The van der Waals surface area contributed by atoms with Crippen LogP contribution in [0.4, 0.5) is 0 Å². The zero-order chi connectivity index (χ0) is 12.1. The Hall–Kier alpha value is -0.610. The first kappa shape index (κ1) is 13.5. The van der Waals surface area contributed by atoms with Crippen molar-refractivity contribution in [2.75, 3.05) is 7.11 Å². The van der Waals surface area contributed by atoms with Crippen LogP contribution in [-0.4, -0.2) is 31.2 Å². The highest BCUT2D eigenvalue weighted by Crippen LogP contribution is 2.21. The summed E-state index contributed by atoms with van der Waals surface area (Å²) >= 11 is 0. The number of nitrogens with two attached hydrogens (primary N) is 1. The van der Waals surface area contributed by atoms with Gasteiger partial charge in [-0.15, -0.1) is 0 Å². The third-order valence-electron chi connectivity index (χ3n) is 3.64. The minimum atomic E-state index is -0.400. The van der Waals surface area contributed by atoms with Gasteiger partial charge in [0.15, 0.2) is 0 Å². The molecule has 1 amide bonds. The Morgan fingerprint density at radius 2 is 2.25 bits per heavy atom. The van der Waals surface area contributed by atoms with E-state index in [4.69, 9.17) is 10.5 Å². The first-order chi connectivity index (χ1) is 7.60. The van der Waals surface area contributed by atoms with Gasteiger partial charge in [-0.25, -0.2) is 0 Å². The van der Waals surface area contributed by atoms with Crippen LogP contribution in [0.25, 0.3) is 0 Å². The predicted molar refractivity (Wildman–Crippen MR) is 64.0 cm³/mol. The lowest BCUT2D eigenvalue weighted by molar-refractivity contribution is -0.124. The SMILES string of the molecule is CCC(C)[C@H](N)C(=O)NC1CCCC1OC. The second kappa shape index (κ2) is 6.21. The van der Waals surface area contributed by atoms with Crippen LogP contribution in [-0.2, 0) is 9.53 Å².